The Morgan fingerprint density at radius 2 is 1.19 bits per heavy atom. The first-order valence-corrected chi connectivity index (χ1v) is 22.5. The van der Waals surface area contributed by atoms with Gasteiger partial charge in [-0.15, -0.1) is 11.8 Å². The maximum atomic E-state index is 11.3. The quantitative estimate of drug-likeness (QED) is 0.249. The number of ether oxygens (including phenoxy) is 7. The zero-order valence-corrected chi connectivity index (χ0v) is 32.2. The van der Waals surface area contributed by atoms with Crippen LogP contribution >= 0.6 is 34.5 Å². The zero-order chi connectivity index (χ0) is 35.9. The topological polar surface area (TPSA) is 225 Å². The van der Waals surface area contributed by atoms with Gasteiger partial charge >= 0.3 is 0 Å². The molecule has 0 radical (unpaired) electrons. The van der Waals surface area contributed by atoms with E-state index >= 15 is 0 Å². The molecule has 17 nitrogen and oxygen atoms in total. The second-order valence-corrected chi connectivity index (χ2v) is 19.7. The normalized spacial score (nSPS) is 45.9. The van der Waals surface area contributed by atoms with E-state index in [4.69, 9.17) is 46.7 Å². The summed E-state index contributed by atoms with van der Waals surface area (Å²) in [5.41, 5.74) is -2.05. The van der Waals surface area contributed by atoms with Crippen LogP contribution in [-0.4, -0.2) is 151 Å². The SMILES string of the molecule is COC[C@@]12CNC([C@H](C)O1)[C@H]2OP(C)(=O)[O-].COC[C@@]12COC([C@H](C)O1)[C@H]2OP(C)(=O)[O-].COC[C@@]12CSC([C@H](C)O1)[C@H]2OP(C)(=O)[O-]. The van der Waals surface area contributed by atoms with E-state index in [-0.39, 0.29) is 42.3 Å². The molecule has 0 saturated carbocycles. The first-order valence-electron chi connectivity index (χ1n) is 15.5. The smallest absolute Gasteiger partial charge is 0.144 e. The number of nitrogens with one attached hydrogen (secondary N) is 1. The van der Waals surface area contributed by atoms with E-state index < -0.39 is 57.9 Å². The molecule has 15 atom stereocenters. The molecule has 6 heterocycles. The van der Waals surface area contributed by atoms with Crippen molar-refractivity contribution in [2.45, 2.75) is 91.6 Å². The Bertz CT molecular complexity index is 1100. The lowest BCUT2D eigenvalue weighted by molar-refractivity contribution is -0.207. The summed E-state index contributed by atoms with van der Waals surface area (Å²) in [6.45, 7) is 10.7. The monoisotopic (exact) mass is 768 g/mol. The molecule has 282 valence electrons. The largest absolute Gasteiger partial charge is 0.779 e. The summed E-state index contributed by atoms with van der Waals surface area (Å²) in [5, 5.41) is 3.30. The van der Waals surface area contributed by atoms with Crippen LogP contribution in [0.2, 0.25) is 0 Å². The minimum absolute atomic E-state index is 0.00505. The van der Waals surface area contributed by atoms with E-state index in [1.807, 2.05) is 20.8 Å². The molecule has 6 bridgehead atoms. The highest BCUT2D eigenvalue weighted by Crippen LogP contribution is 2.53. The highest BCUT2D eigenvalue weighted by molar-refractivity contribution is 8.00. The van der Waals surface area contributed by atoms with Crippen molar-refractivity contribution in [3.63, 3.8) is 0 Å². The summed E-state index contributed by atoms with van der Waals surface area (Å²) in [4.78, 5) is 33.7. The highest BCUT2D eigenvalue weighted by atomic mass is 32.2. The molecule has 6 aliphatic heterocycles. The van der Waals surface area contributed by atoms with Gasteiger partial charge in [0.15, 0.2) is 0 Å². The first-order chi connectivity index (χ1) is 22.1. The number of hydrogen-bond acceptors (Lipinski definition) is 18. The third-order valence-electron chi connectivity index (χ3n) is 8.93. The fourth-order valence-electron chi connectivity index (χ4n) is 7.35. The number of fused-ring (bicyclic) bond motifs is 6. The van der Waals surface area contributed by atoms with Crippen LogP contribution in [0.4, 0.5) is 0 Å². The third kappa shape index (κ3) is 9.15. The van der Waals surface area contributed by atoms with Gasteiger partial charge in [-0.05, 0) is 20.8 Å². The van der Waals surface area contributed by atoms with Gasteiger partial charge in [0.05, 0.1) is 56.0 Å². The van der Waals surface area contributed by atoms with E-state index in [0.29, 0.717) is 26.4 Å². The maximum Gasteiger partial charge on any atom is 0.144 e. The lowest BCUT2D eigenvalue weighted by Crippen LogP contribution is -2.47. The molecule has 48 heavy (non-hydrogen) atoms. The van der Waals surface area contributed by atoms with Crippen LogP contribution in [0.1, 0.15) is 20.8 Å². The third-order valence-corrected chi connectivity index (χ3v) is 12.4. The average Bonchev–Trinajstić information content (AvgIpc) is 3.71. The summed E-state index contributed by atoms with van der Waals surface area (Å²) in [6, 6.07) is -0.0858. The number of morpholine rings is 1. The summed E-state index contributed by atoms with van der Waals surface area (Å²) in [5.74, 6) is 0.723. The van der Waals surface area contributed by atoms with Crippen molar-refractivity contribution in [3.05, 3.63) is 0 Å². The predicted molar refractivity (Wildman–Crippen MR) is 168 cm³/mol. The number of methoxy groups -OCH3 is 3. The minimum Gasteiger partial charge on any atom is -0.779 e. The number of thioether (sulfide) groups is 1. The Labute approximate surface area is 286 Å². The van der Waals surface area contributed by atoms with Crippen molar-refractivity contribution < 1.29 is 75.1 Å². The summed E-state index contributed by atoms with van der Waals surface area (Å²) >= 11 is 1.70. The van der Waals surface area contributed by atoms with Crippen molar-refractivity contribution >= 4 is 34.5 Å². The Hall–Kier alpha value is 0.480. The number of rotatable bonds is 12. The van der Waals surface area contributed by atoms with E-state index in [0.717, 1.165) is 25.7 Å². The van der Waals surface area contributed by atoms with Gasteiger partial charge in [0, 0.05) is 53.6 Å². The lowest BCUT2D eigenvalue weighted by atomic mass is 10.00. The molecule has 0 aliphatic carbocycles. The molecule has 0 aromatic rings. The van der Waals surface area contributed by atoms with Crippen LogP contribution in [0.15, 0.2) is 0 Å². The van der Waals surface area contributed by atoms with E-state index in [1.165, 1.54) is 7.11 Å². The van der Waals surface area contributed by atoms with Crippen molar-refractivity contribution in [2.75, 3.05) is 80.0 Å². The molecule has 0 aromatic carbocycles. The average molecular weight is 769 g/mol. The van der Waals surface area contributed by atoms with Crippen molar-refractivity contribution in [2.24, 2.45) is 0 Å². The minimum atomic E-state index is -3.81. The maximum absolute atomic E-state index is 11.3. The van der Waals surface area contributed by atoms with Crippen LogP contribution in [0.3, 0.4) is 0 Å². The van der Waals surface area contributed by atoms with Gasteiger partial charge in [0.2, 0.25) is 0 Å². The molecular weight excluding hydrogens is 719 g/mol. The van der Waals surface area contributed by atoms with Gasteiger partial charge in [-0.3, -0.25) is 0 Å². The molecule has 0 amide bonds. The summed E-state index contributed by atoms with van der Waals surface area (Å²) in [6.07, 6.45) is -2.09. The molecule has 0 aromatic heterocycles. The Morgan fingerprint density at radius 1 is 0.708 bits per heavy atom. The van der Waals surface area contributed by atoms with Crippen LogP contribution in [0, 0.1) is 0 Å². The van der Waals surface area contributed by atoms with Gasteiger partial charge in [-0.2, -0.15) is 0 Å². The summed E-state index contributed by atoms with van der Waals surface area (Å²) < 4.78 is 87.2. The van der Waals surface area contributed by atoms with Crippen molar-refractivity contribution in [1.29, 1.82) is 0 Å². The molecule has 0 spiro atoms. The lowest BCUT2D eigenvalue weighted by Gasteiger charge is -2.32. The van der Waals surface area contributed by atoms with Gasteiger partial charge in [0.25, 0.3) is 0 Å². The fourth-order valence-corrected chi connectivity index (χ4v) is 11.2. The molecule has 21 heteroatoms. The summed E-state index contributed by atoms with van der Waals surface area (Å²) in [7, 11) is -6.64. The van der Waals surface area contributed by atoms with Gasteiger partial charge < -0.3 is 80.4 Å². The van der Waals surface area contributed by atoms with E-state index in [9.17, 15) is 28.4 Å². The zero-order valence-electron chi connectivity index (χ0n) is 28.7. The molecule has 6 fully saturated rings. The molecule has 6 saturated heterocycles. The molecule has 1 N–H and O–H groups in total. The number of hydrogen-bond donors (Lipinski definition) is 1. The first kappa shape index (κ1) is 41.2. The van der Waals surface area contributed by atoms with Crippen molar-refractivity contribution in [1.82, 2.24) is 5.32 Å². The fraction of sp³-hybridized carbons (Fsp3) is 1.00. The highest BCUT2D eigenvalue weighted by Gasteiger charge is 2.63. The van der Waals surface area contributed by atoms with E-state index in [2.05, 4.69) is 5.32 Å². The standard InChI is InChI=1S/C9H18NO5P.C9H17O6P.C9H17O5PS/c1-6-7-8(15-16(3,11)12)9(14-6,4-10-7)5-13-2;1-6-7-8(15-16(3,10)11)9(14-6,4-12-2)5-13-7;1-6-7-8(14-15(3,10)11)9(13-6,4-12-2)5-16-7/h6-8,10H,4-5H2,1-3H3,(H,11,12);2*6-8H,4-5H2,1-3H3,(H,10,11)/p-3/t6-,7?,8+,9+;2*6-,7?,8+,9-/m000/s1. The Balaban J connectivity index is 0.000000163. The second-order valence-electron chi connectivity index (χ2n) is 13.3. The van der Waals surface area contributed by atoms with E-state index in [1.54, 1.807) is 26.0 Å². The van der Waals surface area contributed by atoms with Crippen LogP contribution in [0.5, 0.6) is 0 Å². The van der Waals surface area contributed by atoms with Crippen molar-refractivity contribution in [3.8, 4) is 0 Å². The molecule has 6 rings (SSSR count). The van der Waals surface area contributed by atoms with Crippen LogP contribution in [0.25, 0.3) is 0 Å². The molecule has 6 aliphatic rings. The van der Waals surface area contributed by atoms with Crippen LogP contribution < -0.4 is 20.0 Å². The van der Waals surface area contributed by atoms with Gasteiger partial charge in [0.1, 0.15) is 64.0 Å². The molecule has 6 unspecified atom stereocenters. The van der Waals surface area contributed by atoms with Gasteiger partial charge in [-0.25, -0.2) is 0 Å². The second kappa shape index (κ2) is 15.5. The Kier molecular flexibility index (Phi) is 13.3. The van der Waals surface area contributed by atoms with Gasteiger partial charge in [-0.1, -0.05) is 0 Å². The molecular formula is C27H49NO16P3S-3. The van der Waals surface area contributed by atoms with Crippen LogP contribution in [-0.2, 0) is 60.4 Å². The Morgan fingerprint density at radius 3 is 1.69 bits per heavy atom. The predicted octanol–water partition coefficient (Wildman–Crippen LogP) is -0.438.